The molecule has 0 atom stereocenters. The van der Waals surface area contributed by atoms with Crippen LogP contribution in [-0.2, 0) is 16.4 Å². The minimum Gasteiger partial charge on any atom is -0.493 e. The highest BCUT2D eigenvalue weighted by Crippen LogP contribution is 2.31. The Balaban J connectivity index is 0.00000441. The summed E-state index contributed by atoms with van der Waals surface area (Å²) in [5.74, 6) is 1.08. The van der Waals surface area contributed by atoms with E-state index in [9.17, 15) is 13.2 Å². The van der Waals surface area contributed by atoms with Crippen LogP contribution in [0, 0.1) is 6.92 Å². The molecule has 0 unspecified atom stereocenters. The monoisotopic (exact) mass is 529 g/mol. The second-order valence-corrected chi connectivity index (χ2v) is 9.96. The summed E-state index contributed by atoms with van der Waals surface area (Å²) in [6, 6.07) is 4.30. The fourth-order valence-corrected chi connectivity index (χ4v) is 5.52. The first-order chi connectivity index (χ1) is 18.2. The molecular weight excluding hydrogens is 492 g/mol. The van der Waals surface area contributed by atoms with Crippen molar-refractivity contribution in [3.63, 3.8) is 0 Å². The van der Waals surface area contributed by atoms with E-state index in [1.165, 1.54) is 27.0 Å². The summed E-state index contributed by atoms with van der Waals surface area (Å²) < 4.78 is 73.9. The Kier molecular flexibility index (Phi) is 6.54. The summed E-state index contributed by atoms with van der Waals surface area (Å²) in [6.07, 6.45) is 1.39. The summed E-state index contributed by atoms with van der Waals surface area (Å²) in [5.41, 5.74) is 0.728. The number of piperazine rings is 1. The van der Waals surface area contributed by atoms with Crippen molar-refractivity contribution in [2.24, 2.45) is 0 Å². The first kappa shape index (κ1) is 20.7. The number of benzene rings is 1. The Labute approximate surface area is 218 Å². The van der Waals surface area contributed by atoms with E-state index in [1.807, 2.05) is 6.92 Å². The molecule has 10 nitrogen and oxygen atoms in total. The van der Waals surface area contributed by atoms with Crippen molar-refractivity contribution >= 4 is 27.9 Å². The van der Waals surface area contributed by atoms with Gasteiger partial charge < -0.3 is 14.6 Å². The lowest BCUT2D eigenvalue weighted by Gasteiger charge is -2.33. The first-order valence-corrected chi connectivity index (χ1v) is 12.7. The smallest absolute Gasteiger partial charge is 0.277 e. The predicted octanol–water partition coefficient (Wildman–Crippen LogP) is 2.49. The first-order valence-electron chi connectivity index (χ1n) is 13.7. The number of rotatable bonds is 8. The van der Waals surface area contributed by atoms with Gasteiger partial charge >= 0.3 is 0 Å². The number of sulfonamides is 1. The van der Waals surface area contributed by atoms with Crippen LogP contribution in [0.1, 0.15) is 45.5 Å². The molecule has 12 heteroatoms. The number of likely N-dealkylation sites (N-methyl/N-ethyl adjacent to an activating group) is 1. The van der Waals surface area contributed by atoms with Gasteiger partial charge in [-0.05, 0) is 45.0 Å². The molecule has 3 aromatic rings. The van der Waals surface area contributed by atoms with Crippen molar-refractivity contribution in [1.29, 1.82) is 0 Å². The molecule has 0 aliphatic carbocycles. The van der Waals surface area contributed by atoms with Crippen molar-refractivity contribution in [3.05, 3.63) is 40.1 Å². The van der Waals surface area contributed by atoms with E-state index in [4.69, 9.17) is 11.6 Å². The minimum atomic E-state index is -4.04. The van der Waals surface area contributed by atoms with Crippen LogP contribution in [0.5, 0.6) is 5.75 Å². The Morgan fingerprint density at radius 3 is 2.63 bits per heavy atom. The van der Waals surface area contributed by atoms with Gasteiger partial charge in [0.2, 0.25) is 10.0 Å². The third-order valence-electron chi connectivity index (χ3n) is 5.76. The molecule has 0 radical (unpaired) electrons. The number of hydrogen-bond acceptors (Lipinski definition) is 7. The van der Waals surface area contributed by atoms with Crippen molar-refractivity contribution in [2.75, 3.05) is 39.3 Å². The van der Waals surface area contributed by atoms with Crippen LogP contribution < -0.4 is 10.3 Å². The zero-order valence-electron chi connectivity index (χ0n) is 24.9. The zero-order chi connectivity index (χ0) is 28.8. The molecule has 4 rings (SSSR count). The van der Waals surface area contributed by atoms with Gasteiger partial charge in [0.05, 0.1) is 22.8 Å². The van der Waals surface area contributed by atoms with E-state index >= 15 is 0 Å². The lowest BCUT2D eigenvalue weighted by atomic mass is 10.2. The molecule has 0 bridgehead atoms. The maximum Gasteiger partial charge on any atom is 0.277 e. The summed E-state index contributed by atoms with van der Waals surface area (Å²) in [5, 5.41) is 4.59. The summed E-state index contributed by atoms with van der Waals surface area (Å²) in [6.45, 7) is 0.0126. The lowest BCUT2D eigenvalue weighted by molar-refractivity contribution is 0.196. The molecule has 0 amide bonds. The molecular formula is C23H33ClN6O4S. The Morgan fingerprint density at radius 2 is 1.97 bits per heavy atom. The number of halogens is 1. The summed E-state index contributed by atoms with van der Waals surface area (Å²) >= 11 is 0. The van der Waals surface area contributed by atoms with Crippen molar-refractivity contribution < 1.29 is 20.0 Å². The number of nitrogens with one attached hydrogen (secondary N) is 1. The second-order valence-electron chi connectivity index (χ2n) is 8.02. The standard InChI is InChI=1S/C23H32N6O4S.ClH/c1-5-8-20-24-16(4)21-23(30)25-22(26-29(20)21)18-15-17(9-10-19(18)33-7-3)34(31,32)28-13-11-27(6-2)12-14-28;/h9-10,15H,5-8,11-14H2,1-4H3,(H,25,26,30);1H/i2D3,6D2;. The fraction of sp³-hybridized carbons (Fsp3) is 0.522. The minimum absolute atomic E-state index is 0. The van der Waals surface area contributed by atoms with Gasteiger partial charge in [0, 0.05) is 39.5 Å². The lowest BCUT2D eigenvalue weighted by Crippen LogP contribution is -2.48. The van der Waals surface area contributed by atoms with E-state index < -0.39 is 28.9 Å². The van der Waals surface area contributed by atoms with E-state index in [2.05, 4.69) is 15.1 Å². The molecule has 0 spiro atoms. The number of aromatic nitrogens is 4. The van der Waals surface area contributed by atoms with Crippen LogP contribution in [0.2, 0.25) is 0 Å². The number of imidazole rings is 1. The molecule has 1 aromatic carbocycles. The average Bonchev–Trinajstić information content (AvgIpc) is 3.19. The number of aromatic amines is 1. The number of fused-ring (bicyclic) bond motifs is 1. The van der Waals surface area contributed by atoms with Crippen molar-refractivity contribution in [3.8, 4) is 17.1 Å². The highest BCUT2D eigenvalue weighted by Gasteiger charge is 2.29. The van der Waals surface area contributed by atoms with Gasteiger partial charge in [0.1, 0.15) is 11.6 Å². The van der Waals surface area contributed by atoms with E-state index in [0.717, 1.165) is 11.3 Å². The maximum absolute atomic E-state index is 13.6. The number of ether oxygens (including phenoxy) is 1. The molecule has 1 aliphatic heterocycles. The van der Waals surface area contributed by atoms with Crippen LogP contribution >= 0.6 is 12.4 Å². The topological polar surface area (TPSA) is 113 Å². The molecule has 0 saturated carbocycles. The zero-order valence-corrected chi connectivity index (χ0v) is 21.5. The van der Waals surface area contributed by atoms with Crippen LogP contribution in [-0.4, -0.2) is 76.5 Å². The van der Waals surface area contributed by atoms with Crippen LogP contribution in [0.15, 0.2) is 27.9 Å². The number of hydrogen-bond donors (Lipinski definition) is 1. The Hall–Kier alpha value is -2.47. The van der Waals surface area contributed by atoms with Crippen LogP contribution in [0.3, 0.4) is 0 Å². The van der Waals surface area contributed by atoms with E-state index in [-0.39, 0.29) is 54.9 Å². The summed E-state index contributed by atoms with van der Waals surface area (Å²) in [4.78, 5) is 21.3. The van der Waals surface area contributed by atoms with Gasteiger partial charge in [0.15, 0.2) is 11.3 Å². The summed E-state index contributed by atoms with van der Waals surface area (Å²) in [7, 11) is -4.04. The van der Waals surface area contributed by atoms with Gasteiger partial charge in [-0.2, -0.15) is 4.31 Å². The van der Waals surface area contributed by atoms with E-state index in [1.54, 1.807) is 13.8 Å². The highest BCUT2D eigenvalue weighted by molar-refractivity contribution is 7.89. The molecule has 3 heterocycles. The van der Waals surface area contributed by atoms with E-state index in [0.29, 0.717) is 35.8 Å². The maximum atomic E-state index is 13.6. The van der Waals surface area contributed by atoms with Gasteiger partial charge in [-0.1, -0.05) is 13.8 Å². The van der Waals surface area contributed by atoms with Gasteiger partial charge in [-0.3, -0.25) is 4.79 Å². The molecule has 1 fully saturated rings. The molecule has 35 heavy (non-hydrogen) atoms. The largest absolute Gasteiger partial charge is 0.493 e. The molecule has 1 aliphatic rings. The Morgan fingerprint density at radius 1 is 1.23 bits per heavy atom. The third kappa shape index (κ3) is 5.23. The Bertz CT molecular complexity index is 1530. The quantitative estimate of drug-likeness (QED) is 0.477. The van der Waals surface area contributed by atoms with Crippen molar-refractivity contribution in [2.45, 2.75) is 45.4 Å². The second kappa shape index (κ2) is 11.1. The normalized spacial score (nSPS) is 18.2. The van der Waals surface area contributed by atoms with Gasteiger partial charge in [-0.25, -0.2) is 17.9 Å². The highest BCUT2D eigenvalue weighted by atomic mass is 35.5. The molecule has 2 aromatic heterocycles. The fourth-order valence-electron chi connectivity index (χ4n) is 4.07. The molecule has 1 saturated heterocycles. The predicted molar refractivity (Wildman–Crippen MR) is 137 cm³/mol. The van der Waals surface area contributed by atoms with Gasteiger partial charge in [-0.15, -0.1) is 17.5 Å². The SMILES string of the molecule is Cl.[2H]C([2H])([2H])C([2H])([2H])N1CCN(S(=O)(=O)c2ccc(OCC)c(-c3nn4c(CCC)nc(C)c4c(=O)[nH]3)c2)CC1. The average molecular weight is 530 g/mol. The van der Waals surface area contributed by atoms with Gasteiger partial charge in [0.25, 0.3) is 5.56 Å². The van der Waals surface area contributed by atoms with Crippen LogP contribution in [0.25, 0.3) is 16.9 Å². The molecule has 1 N–H and O–H groups in total. The third-order valence-corrected chi connectivity index (χ3v) is 7.65. The number of nitrogens with zero attached hydrogens (tertiary/aromatic N) is 5. The molecule has 192 valence electrons. The number of H-pyrrole nitrogens is 1. The van der Waals surface area contributed by atoms with Crippen LogP contribution in [0.4, 0.5) is 0 Å². The number of aryl methyl sites for hydroxylation is 2. The van der Waals surface area contributed by atoms with Crippen molar-refractivity contribution in [1.82, 2.24) is 28.8 Å².